The van der Waals surface area contributed by atoms with Gasteiger partial charge in [0.05, 0.1) is 5.92 Å². The first-order chi connectivity index (χ1) is 15.3. The zero-order chi connectivity index (χ0) is 23.1. The van der Waals surface area contributed by atoms with Gasteiger partial charge in [-0.15, -0.1) is 0 Å². The Morgan fingerprint density at radius 3 is 2.75 bits per heavy atom. The molecule has 3 rings (SSSR count). The van der Waals surface area contributed by atoms with Gasteiger partial charge in [0, 0.05) is 33.4 Å². The number of amides is 1. The maximum absolute atomic E-state index is 13.5. The van der Waals surface area contributed by atoms with Crippen molar-refractivity contribution in [1.29, 1.82) is 0 Å². The minimum absolute atomic E-state index is 0.0574. The van der Waals surface area contributed by atoms with Crippen molar-refractivity contribution in [3.63, 3.8) is 0 Å². The van der Waals surface area contributed by atoms with Crippen molar-refractivity contribution in [1.82, 2.24) is 14.8 Å². The van der Waals surface area contributed by atoms with Gasteiger partial charge in [0.25, 0.3) is 0 Å². The zero-order valence-corrected chi connectivity index (χ0v) is 19.7. The Kier molecular flexibility index (Phi) is 8.22. The van der Waals surface area contributed by atoms with Crippen molar-refractivity contribution < 1.29 is 22.5 Å². The van der Waals surface area contributed by atoms with Crippen LogP contribution in [0.4, 0.5) is 0 Å². The molecule has 1 aliphatic rings. The van der Waals surface area contributed by atoms with Crippen molar-refractivity contribution >= 4 is 28.1 Å². The topological polar surface area (TPSA) is 102 Å². The Morgan fingerprint density at radius 2 is 2.03 bits per heavy atom. The number of sulfonamides is 1. The van der Waals surface area contributed by atoms with Gasteiger partial charge in [0.1, 0.15) is 5.69 Å². The minimum atomic E-state index is -3.86. The van der Waals surface area contributed by atoms with Crippen LogP contribution in [0.25, 0.3) is 12.2 Å². The number of ether oxygens (including phenoxy) is 1. The average Bonchev–Trinajstić information content (AvgIpc) is 3.17. The third kappa shape index (κ3) is 5.85. The lowest BCUT2D eigenvalue weighted by Crippen LogP contribution is -2.45. The number of carbonyl (C=O) groups excluding carboxylic acids is 1. The largest absolute Gasteiger partial charge is 0.385 e. The molecule has 1 unspecified atom stereocenters. The molecule has 0 aliphatic carbocycles. The van der Waals surface area contributed by atoms with E-state index in [4.69, 9.17) is 9.26 Å². The van der Waals surface area contributed by atoms with Crippen molar-refractivity contribution in [2.75, 3.05) is 33.4 Å². The fourth-order valence-corrected chi connectivity index (χ4v) is 5.50. The standard InChI is InChI=1S/C23H31N3O5S/c1-17-7-9-19(10-8-17)11-12-21-22(18(2)25-31-21)32(28,29)26-14-4-6-20(16-26)23(27)24-13-5-15-30-3/h7-12,20H,4-6,13-16H2,1-3H3,(H,24,27). The first kappa shape index (κ1) is 24.2. The van der Waals surface area contributed by atoms with E-state index in [0.29, 0.717) is 44.7 Å². The fourth-order valence-electron chi connectivity index (χ4n) is 3.72. The Bertz CT molecular complexity index is 1040. The van der Waals surface area contributed by atoms with Gasteiger partial charge in [-0.1, -0.05) is 41.1 Å². The predicted octanol–water partition coefficient (Wildman–Crippen LogP) is 3.02. The highest BCUT2D eigenvalue weighted by molar-refractivity contribution is 7.89. The van der Waals surface area contributed by atoms with Crippen LogP contribution in [0, 0.1) is 19.8 Å². The number of aryl methyl sites for hydroxylation is 2. The molecule has 174 valence electrons. The molecule has 1 aromatic carbocycles. The van der Waals surface area contributed by atoms with E-state index in [9.17, 15) is 13.2 Å². The third-order valence-electron chi connectivity index (χ3n) is 5.52. The molecule has 1 N–H and O–H groups in total. The molecule has 1 atom stereocenters. The van der Waals surface area contributed by atoms with Gasteiger partial charge in [-0.2, -0.15) is 4.31 Å². The highest BCUT2D eigenvalue weighted by Gasteiger charge is 2.36. The summed E-state index contributed by atoms with van der Waals surface area (Å²) in [5, 5.41) is 6.77. The van der Waals surface area contributed by atoms with Crippen LogP contribution in [0.1, 0.15) is 41.8 Å². The molecule has 1 saturated heterocycles. The second-order valence-electron chi connectivity index (χ2n) is 8.04. The molecule has 2 heterocycles. The molecule has 32 heavy (non-hydrogen) atoms. The van der Waals surface area contributed by atoms with Crippen molar-refractivity contribution in [2.24, 2.45) is 5.92 Å². The van der Waals surface area contributed by atoms with Crippen LogP contribution < -0.4 is 5.32 Å². The second kappa shape index (κ2) is 10.9. The molecule has 9 heteroatoms. The lowest BCUT2D eigenvalue weighted by atomic mass is 9.99. The van der Waals surface area contributed by atoms with Crippen LogP contribution in [-0.4, -0.2) is 57.1 Å². The molecule has 0 saturated carbocycles. The van der Waals surface area contributed by atoms with E-state index in [1.807, 2.05) is 31.2 Å². The molecule has 2 aromatic rings. The normalized spacial score (nSPS) is 17.7. The fraction of sp³-hybridized carbons (Fsp3) is 0.478. The molecular weight excluding hydrogens is 430 g/mol. The number of nitrogens with zero attached hydrogens (tertiary/aromatic N) is 2. The van der Waals surface area contributed by atoms with Crippen LogP contribution in [0.2, 0.25) is 0 Å². The van der Waals surface area contributed by atoms with E-state index >= 15 is 0 Å². The van der Waals surface area contributed by atoms with Crippen LogP contribution in [-0.2, 0) is 19.6 Å². The molecule has 8 nitrogen and oxygen atoms in total. The summed E-state index contributed by atoms with van der Waals surface area (Å²) in [5.74, 6) is -0.315. The van der Waals surface area contributed by atoms with Crippen LogP contribution in [0.3, 0.4) is 0 Å². The summed E-state index contributed by atoms with van der Waals surface area (Å²) in [4.78, 5) is 12.6. The quantitative estimate of drug-likeness (QED) is 0.576. The SMILES string of the molecule is COCCCNC(=O)C1CCCN(S(=O)(=O)c2c(C)noc2C=Cc2ccc(C)cc2)C1. The Labute approximate surface area is 189 Å². The summed E-state index contributed by atoms with van der Waals surface area (Å²) in [5.41, 5.74) is 2.37. The van der Waals surface area contributed by atoms with E-state index < -0.39 is 10.0 Å². The van der Waals surface area contributed by atoms with Gasteiger partial charge in [0.15, 0.2) is 10.7 Å². The minimum Gasteiger partial charge on any atom is -0.385 e. The molecule has 1 aliphatic heterocycles. The lowest BCUT2D eigenvalue weighted by Gasteiger charge is -2.31. The average molecular weight is 462 g/mol. The van der Waals surface area contributed by atoms with Crippen molar-refractivity contribution in [3.8, 4) is 0 Å². The summed E-state index contributed by atoms with van der Waals surface area (Å²) in [6.45, 7) is 5.20. The molecule has 1 aromatic heterocycles. The van der Waals surface area contributed by atoms with E-state index in [-0.39, 0.29) is 29.0 Å². The van der Waals surface area contributed by atoms with Gasteiger partial charge in [-0.25, -0.2) is 8.42 Å². The Hall–Kier alpha value is -2.49. The van der Waals surface area contributed by atoms with Gasteiger partial charge < -0.3 is 14.6 Å². The van der Waals surface area contributed by atoms with Crippen molar-refractivity contribution in [2.45, 2.75) is 38.0 Å². The van der Waals surface area contributed by atoms with Gasteiger partial charge in [-0.3, -0.25) is 4.79 Å². The number of piperidine rings is 1. The summed E-state index contributed by atoms with van der Waals surface area (Å²) in [6.07, 6.45) is 5.42. The Balaban J connectivity index is 1.75. The molecule has 0 bridgehead atoms. The molecular formula is C23H31N3O5S. The number of hydrogen-bond donors (Lipinski definition) is 1. The van der Waals surface area contributed by atoms with E-state index in [1.54, 1.807) is 26.2 Å². The number of methoxy groups -OCH3 is 1. The van der Waals surface area contributed by atoms with Gasteiger partial charge in [0.2, 0.25) is 15.9 Å². The van der Waals surface area contributed by atoms with Crippen LogP contribution in [0.5, 0.6) is 0 Å². The number of carbonyl (C=O) groups is 1. The third-order valence-corrected chi connectivity index (χ3v) is 7.54. The maximum Gasteiger partial charge on any atom is 0.248 e. The van der Waals surface area contributed by atoms with Crippen LogP contribution in [0.15, 0.2) is 33.7 Å². The predicted molar refractivity (Wildman–Crippen MR) is 122 cm³/mol. The lowest BCUT2D eigenvalue weighted by molar-refractivity contribution is -0.126. The number of nitrogens with one attached hydrogen (secondary N) is 1. The molecule has 1 fully saturated rings. The summed E-state index contributed by atoms with van der Waals surface area (Å²) in [6, 6.07) is 7.86. The van der Waals surface area contributed by atoms with E-state index in [0.717, 1.165) is 11.1 Å². The zero-order valence-electron chi connectivity index (χ0n) is 18.8. The maximum atomic E-state index is 13.5. The van der Waals surface area contributed by atoms with Crippen molar-refractivity contribution in [3.05, 3.63) is 46.8 Å². The number of aromatic nitrogens is 1. The summed E-state index contributed by atoms with van der Waals surface area (Å²) >= 11 is 0. The highest BCUT2D eigenvalue weighted by atomic mass is 32.2. The first-order valence-corrected chi connectivity index (χ1v) is 12.2. The van der Waals surface area contributed by atoms with Gasteiger partial charge in [-0.05, 0) is 44.7 Å². The highest BCUT2D eigenvalue weighted by Crippen LogP contribution is 2.29. The molecule has 0 radical (unpaired) electrons. The number of hydrogen-bond acceptors (Lipinski definition) is 6. The second-order valence-corrected chi connectivity index (χ2v) is 9.92. The van der Waals surface area contributed by atoms with E-state index in [1.165, 1.54) is 4.31 Å². The number of rotatable bonds is 9. The first-order valence-electron chi connectivity index (χ1n) is 10.8. The summed E-state index contributed by atoms with van der Waals surface area (Å²) < 4.78 is 38.6. The Morgan fingerprint density at radius 1 is 1.28 bits per heavy atom. The monoisotopic (exact) mass is 461 g/mol. The van der Waals surface area contributed by atoms with Crippen LogP contribution >= 0.6 is 0 Å². The summed E-state index contributed by atoms with van der Waals surface area (Å²) in [7, 11) is -2.25. The number of benzene rings is 1. The molecule has 0 spiro atoms. The van der Waals surface area contributed by atoms with E-state index in [2.05, 4.69) is 10.5 Å². The molecule has 1 amide bonds. The van der Waals surface area contributed by atoms with Gasteiger partial charge >= 0.3 is 0 Å². The smallest absolute Gasteiger partial charge is 0.248 e.